The second-order valence-electron chi connectivity index (χ2n) is 4.27. The number of benzene rings is 1. The van der Waals surface area contributed by atoms with Gasteiger partial charge in [0.15, 0.2) is 0 Å². The number of hydrogen-bond acceptors (Lipinski definition) is 2. The number of carboxylic acid groups (broad SMARTS) is 1. The Morgan fingerprint density at radius 2 is 2.00 bits per heavy atom. The van der Waals surface area contributed by atoms with Crippen LogP contribution in [-0.2, 0) is 4.79 Å². The van der Waals surface area contributed by atoms with E-state index in [4.69, 9.17) is 16.7 Å². The molecule has 104 valence electrons. The van der Waals surface area contributed by atoms with Crippen LogP contribution in [-0.4, -0.2) is 22.0 Å². The molecule has 0 aliphatic carbocycles. The van der Waals surface area contributed by atoms with Crippen LogP contribution in [0, 0.1) is 0 Å². The second kappa shape index (κ2) is 6.25. The number of carbonyl (C=O) groups is 2. The fraction of sp³-hybridized carbons (Fsp3) is 0.143. The minimum Gasteiger partial charge on any atom is -0.481 e. The highest BCUT2D eigenvalue weighted by atomic mass is 35.5. The first-order valence-corrected chi connectivity index (χ1v) is 6.35. The van der Waals surface area contributed by atoms with Crippen LogP contribution < -0.4 is 5.32 Å². The molecule has 0 spiro atoms. The van der Waals surface area contributed by atoms with Crippen LogP contribution in [0.5, 0.6) is 0 Å². The van der Waals surface area contributed by atoms with Crippen LogP contribution in [0.25, 0.3) is 0 Å². The molecule has 0 fully saturated rings. The van der Waals surface area contributed by atoms with Crippen molar-refractivity contribution in [3.8, 4) is 0 Å². The molecule has 2 aromatic rings. The first-order valence-electron chi connectivity index (χ1n) is 5.98. The van der Waals surface area contributed by atoms with Gasteiger partial charge in [-0.15, -0.1) is 0 Å². The number of aliphatic carboxylic acids is 1. The number of aromatic nitrogens is 1. The van der Waals surface area contributed by atoms with Crippen LogP contribution in [0.1, 0.15) is 28.5 Å². The van der Waals surface area contributed by atoms with Crippen molar-refractivity contribution in [2.45, 2.75) is 12.5 Å². The van der Waals surface area contributed by atoms with E-state index in [1.165, 1.54) is 12.3 Å². The SMILES string of the molecule is O=C(O)CC(NC(=O)c1cc(Cl)c[nH]1)c1ccccc1. The van der Waals surface area contributed by atoms with Gasteiger partial charge in [-0.05, 0) is 11.6 Å². The fourth-order valence-electron chi connectivity index (χ4n) is 1.85. The molecular weight excluding hydrogens is 280 g/mol. The van der Waals surface area contributed by atoms with Crippen molar-refractivity contribution in [2.24, 2.45) is 0 Å². The van der Waals surface area contributed by atoms with Gasteiger partial charge in [-0.3, -0.25) is 9.59 Å². The molecule has 3 N–H and O–H groups in total. The molecule has 1 amide bonds. The molecule has 0 aliphatic heterocycles. The number of nitrogens with one attached hydrogen (secondary N) is 2. The zero-order valence-corrected chi connectivity index (χ0v) is 11.2. The summed E-state index contributed by atoms with van der Waals surface area (Å²) < 4.78 is 0. The molecule has 1 atom stereocenters. The summed E-state index contributed by atoms with van der Waals surface area (Å²) in [6.07, 6.45) is 1.30. The molecule has 1 unspecified atom stereocenters. The van der Waals surface area contributed by atoms with Crippen molar-refractivity contribution in [3.63, 3.8) is 0 Å². The van der Waals surface area contributed by atoms with Gasteiger partial charge < -0.3 is 15.4 Å². The molecule has 6 heteroatoms. The molecule has 2 rings (SSSR count). The lowest BCUT2D eigenvalue weighted by Gasteiger charge is -2.16. The largest absolute Gasteiger partial charge is 0.481 e. The quantitative estimate of drug-likeness (QED) is 0.792. The van der Waals surface area contributed by atoms with E-state index < -0.39 is 17.9 Å². The highest BCUT2D eigenvalue weighted by Crippen LogP contribution is 2.18. The Morgan fingerprint density at radius 3 is 2.55 bits per heavy atom. The maximum Gasteiger partial charge on any atom is 0.305 e. The highest BCUT2D eigenvalue weighted by molar-refractivity contribution is 6.30. The zero-order valence-electron chi connectivity index (χ0n) is 10.5. The monoisotopic (exact) mass is 292 g/mol. The lowest BCUT2D eigenvalue weighted by atomic mass is 10.0. The fourth-order valence-corrected chi connectivity index (χ4v) is 2.01. The van der Waals surface area contributed by atoms with Crippen LogP contribution in [0.15, 0.2) is 42.6 Å². The van der Waals surface area contributed by atoms with Crippen LogP contribution in [0.3, 0.4) is 0 Å². The number of aromatic amines is 1. The average Bonchev–Trinajstić information content (AvgIpc) is 2.85. The van der Waals surface area contributed by atoms with E-state index >= 15 is 0 Å². The zero-order chi connectivity index (χ0) is 14.5. The van der Waals surface area contributed by atoms with Crippen LogP contribution in [0.4, 0.5) is 0 Å². The Morgan fingerprint density at radius 1 is 1.30 bits per heavy atom. The van der Waals surface area contributed by atoms with Crippen molar-refractivity contribution in [1.29, 1.82) is 0 Å². The van der Waals surface area contributed by atoms with Gasteiger partial charge in [0.2, 0.25) is 0 Å². The number of carboxylic acids is 1. The highest BCUT2D eigenvalue weighted by Gasteiger charge is 2.19. The summed E-state index contributed by atoms with van der Waals surface area (Å²) in [4.78, 5) is 25.7. The predicted molar refractivity (Wildman–Crippen MR) is 74.7 cm³/mol. The topological polar surface area (TPSA) is 82.2 Å². The van der Waals surface area contributed by atoms with Gasteiger partial charge in [0, 0.05) is 6.20 Å². The molecule has 0 saturated carbocycles. The van der Waals surface area contributed by atoms with Gasteiger partial charge in [0.25, 0.3) is 5.91 Å². The summed E-state index contributed by atoms with van der Waals surface area (Å²) in [7, 11) is 0. The molecule has 5 nitrogen and oxygen atoms in total. The van der Waals surface area contributed by atoms with E-state index in [2.05, 4.69) is 10.3 Å². The summed E-state index contributed by atoms with van der Waals surface area (Å²) in [6.45, 7) is 0. The molecule has 1 heterocycles. The van der Waals surface area contributed by atoms with Crippen molar-refractivity contribution < 1.29 is 14.7 Å². The minimum absolute atomic E-state index is 0.190. The third kappa shape index (κ3) is 3.61. The van der Waals surface area contributed by atoms with Gasteiger partial charge in [0.1, 0.15) is 5.69 Å². The van der Waals surface area contributed by atoms with Gasteiger partial charge in [-0.25, -0.2) is 0 Å². The van der Waals surface area contributed by atoms with Gasteiger partial charge >= 0.3 is 5.97 Å². The molecule has 0 bridgehead atoms. The molecule has 0 aliphatic rings. The third-order valence-corrected chi connectivity index (χ3v) is 3.00. The number of H-pyrrole nitrogens is 1. The Bertz CT molecular complexity index is 610. The first-order chi connectivity index (χ1) is 9.56. The van der Waals surface area contributed by atoms with Crippen molar-refractivity contribution in [2.75, 3.05) is 0 Å². The number of amides is 1. The number of carbonyl (C=O) groups excluding carboxylic acids is 1. The maximum atomic E-state index is 12.0. The first kappa shape index (κ1) is 14.1. The van der Waals surface area contributed by atoms with E-state index in [0.717, 1.165) is 5.56 Å². The molecule has 0 saturated heterocycles. The normalized spacial score (nSPS) is 11.8. The summed E-state index contributed by atoms with van der Waals surface area (Å²) in [5.41, 5.74) is 1.03. The average molecular weight is 293 g/mol. The molecule has 20 heavy (non-hydrogen) atoms. The number of rotatable bonds is 5. The van der Waals surface area contributed by atoms with Crippen LogP contribution in [0.2, 0.25) is 5.02 Å². The Labute approximate surface area is 120 Å². The van der Waals surface area contributed by atoms with Gasteiger partial charge in [0.05, 0.1) is 17.5 Å². The summed E-state index contributed by atoms with van der Waals surface area (Å²) in [6, 6.07) is 9.85. The predicted octanol–water partition coefficient (Wildman–Crippen LogP) is 2.61. The van der Waals surface area contributed by atoms with Crippen molar-refractivity contribution in [3.05, 3.63) is 58.9 Å². The summed E-state index contributed by atoms with van der Waals surface area (Å²) in [5.74, 6) is -1.38. The molecule has 1 aromatic carbocycles. The lowest BCUT2D eigenvalue weighted by Crippen LogP contribution is -2.30. The number of hydrogen-bond donors (Lipinski definition) is 3. The molecule has 1 aromatic heterocycles. The van der Waals surface area contributed by atoms with Crippen molar-refractivity contribution in [1.82, 2.24) is 10.3 Å². The Balaban J connectivity index is 2.16. The summed E-state index contributed by atoms with van der Waals surface area (Å²) >= 11 is 5.74. The van der Waals surface area contributed by atoms with Crippen molar-refractivity contribution >= 4 is 23.5 Å². The standard InChI is InChI=1S/C14H13ClN2O3/c15-10-6-12(16-8-10)14(20)17-11(7-13(18)19)9-4-2-1-3-5-9/h1-6,8,11,16H,7H2,(H,17,20)(H,18,19). The van der Waals surface area contributed by atoms with E-state index in [-0.39, 0.29) is 6.42 Å². The number of halogens is 1. The van der Waals surface area contributed by atoms with E-state index in [1.807, 2.05) is 6.07 Å². The van der Waals surface area contributed by atoms with Crippen LogP contribution >= 0.6 is 11.6 Å². The maximum absolute atomic E-state index is 12.0. The second-order valence-corrected chi connectivity index (χ2v) is 4.70. The van der Waals surface area contributed by atoms with E-state index in [9.17, 15) is 9.59 Å². The Hall–Kier alpha value is -2.27. The molecular formula is C14H13ClN2O3. The lowest BCUT2D eigenvalue weighted by molar-refractivity contribution is -0.137. The smallest absolute Gasteiger partial charge is 0.305 e. The van der Waals surface area contributed by atoms with E-state index in [1.54, 1.807) is 24.3 Å². The Kier molecular flexibility index (Phi) is 4.42. The van der Waals surface area contributed by atoms with Gasteiger partial charge in [-0.1, -0.05) is 41.9 Å². The minimum atomic E-state index is -0.983. The summed E-state index contributed by atoms with van der Waals surface area (Å²) in [5, 5.41) is 12.1. The van der Waals surface area contributed by atoms with E-state index in [0.29, 0.717) is 10.7 Å². The third-order valence-electron chi connectivity index (χ3n) is 2.78. The van der Waals surface area contributed by atoms with Gasteiger partial charge in [-0.2, -0.15) is 0 Å². The molecule has 0 radical (unpaired) electrons.